The van der Waals surface area contributed by atoms with E-state index in [0.717, 1.165) is 62.7 Å². The number of hydrogen-bond donors (Lipinski definition) is 1. The van der Waals surface area contributed by atoms with Crippen LogP contribution in [0.25, 0.3) is 10.9 Å². The number of aromatic amines is 1. The summed E-state index contributed by atoms with van der Waals surface area (Å²) in [6.45, 7) is 4.24. The van der Waals surface area contributed by atoms with E-state index in [1.807, 2.05) is 6.07 Å². The van der Waals surface area contributed by atoms with Crippen LogP contribution in [-0.4, -0.2) is 65.6 Å². The van der Waals surface area contributed by atoms with Crippen molar-refractivity contribution >= 4 is 16.8 Å². The Kier molecular flexibility index (Phi) is 4.02. The summed E-state index contributed by atoms with van der Waals surface area (Å²) in [6, 6.07) is 7.17. The van der Waals surface area contributed by atoms with Crippen LogP contribution >= 0.6 is 0 Å². The van der Waals surface area contributed by atoms with Crippen LogP contribution in [0.5, 0.6) is 0 Å². The normalized spacial score (nSPS) is 28.2. The molecule has 1 saturated carbocycles. The third-order valence-corrected chi connectivity index (χ3v) is 7.37. The second kappa shape index (κ2) is 6.60. The van der Waals surface area contributed by atoms with Gasteiger partial charge >= 0.3 is 0 Å². The van der Waals surface area contributed by atoms with Crippen molar-refractivity contribution in [1.29, 1.82) is 0 Å². The maximum Gasteiger partial charge on any atom is 0.256 e. The maximum absolute atomic E-state index is 13.5. The highest BCUT2D eigenvalue weighted by Gasteiger charge is 2.43. The fraction of sp³-hybridized carbons (Fsp3) is 0.609. The highest BCUT2D eigenvalue weighted by molar-refractivity contribution is 6.06. The second-order valence-corrected chi connectivity index (χ2v) is 9.10. The molecule has 5 nitrogen and oxygen atoms in total. The fourth-order valence-corrected chi connectivity index (χ4v) is 5.73. The molecule has 2 saturated heterocycles. The van der Waals surface area contributed by atoms with Gasteiger partial charge in [-0.2, -0.15) is 0 Å². The number of piperazine rings is 1. The molecule has 0 radical (unpaired) electrons. The smallest absolute Gasteiger partial charge is 0.256 e. The van der Waals surface area contributed by atoms with Gasteiger partial charge in [0.2, 0.25) is 0 Å². The van der Waals surface area contributed by atoms with Gasteiger partial charge in [-0.05, 0) is 56.1 Å². The summed E-state index contributed by atoms with van der Waals surface area (Å²) in [5, 5.41) is 1.26. The quantitative estimate of drug-likeness (QED) is 0.873. The van der Waals surface area contributed by atoms with Crippen LogP contribution < -0.4 is 0 Å². The lowest BCUT2D eigenvalue weighted by atomic mass is 9.95. The Balaban J connectivity index is 1.27. The number of morpholine rings is 1. The van der Waals surface area contributed by atoms with Crippen LogP contribution in [0.2, 0.25) is 0 Å². The number of carbonyl (C=O) groups excluding carboxylic acids is 1. The Morgan fingerprint density at radius 3 is 2.89 bits per heavy atom. The molecule has 3 fully saturated rings. The minimum Gasteiger partial charge on any atom is -0.378 e. The molecule has 0 spiro atoms. The number of nitrogens with one attached hydrogen (secondary N) is 1. The Bertz CT molecular complexity index is 916. The van der Waals surface area contributed by atoms with Crippen LogP contribution in [0.15, 0.2) is 18.2 Å². The van der Waals surface area contributed by atoms with Gasteiger partial charge in [0.1, 0.15) is 0 Å². The highest BCUT2D eigenvalue weighted by Crippen LogP contribution is 2.38. The Labute approximate surface area is 166 Å². The molecule has 2 atom stereocenters. The van der Waals surface area contributed by atoms with E-state index >= 15 is 0 Å². The number of hydrogen-bond acceptors (Lipinski definition) is 3. The van der Waals surface area contributed by atoms with E-state index in [2.05, 4.69) is 26.9 Å². The van der Waals surface area contributed by atoms with Crippen LogP contribution in [0.4, 0.5) is 0 Å². The summed E-state index contributed by atoms with van der Waals surface area (Å²) < 4.78 is 5.93. The Morgan fingerprint density at radius 2 is 2.00 bits per heavy atom. The highest BCUT2D eigenvalue weighted by atomic mass is 16.5. The van der Waals surface area contributed by atoms with Crippen LogP contribution in [0, 0.1) is 5.92 Å². The molecule has 1 amide bonds. The largest absolute Gasteiger partial charge is 0.378 e. The molecule has 1 aromatic heterocycles. The standard InChI is InChI=1S/C23H29N3O2/c27-23(19-6-3-5-18-17-4-1-2-7-20(17)24-22(18)19)25-10-11-26-16(12-25)13-28-14-21(26)15-8-9-15/h3,5-6,15-16,21,24H,1-2,4,7-14H2/t16-,21-/m1/s1. The van der Waals surface area contributed by atoms with E-state index in [1.165, 1.54) is 42.3 Å². The van der Waals surface area contributed by atoms with Gasteiger partial charge in [0.15, 0.2) is 0 Å². The van der Waals surface area contributed by atoms with Crippen molar-refractivity contribution in [2.24, 2.45) is 5.92 Å². The number of benzene rings is 1. The van der Waals surface area contributed by atoms with Crippen LogP contribution in [-0.2, 0) is 17.6 Å². The topological polar surface area (TPSA) is 48.6 Å². The zero-order valence-corrected chi connectivity index (χ0v) is 16.5. The number of para-hydroxylation sites is 1. The van der Waals surface area contributed by atoms with Crippen molar-refractivity contribution in [2.45, 2.75) is 50.6 Å². The zero-order valence-electron chi connectivity index (χ0n) is 16.5. The third-order valence-electron chi connectivity index (χ3n) is 7.37. The van der Waals surface area contributed by atoms with Gasteiger partial charge < -0.3 is 14.6 Å². The molecule has 2 aromatic rings. The number of carbonyl (C=O) groups is 1. The predicted octanol–water partition coefficient (Wildman–Crippen LogP) is 2.98. The first-order valence-corrected chi connectivity index (χ1v) is 11.0. The second-order valence-electron chi connectivity index (χ2n) is 9.10. The van der Waals surface area contributed by atoms with E-state index < -0.39 is 0 Å². The number of amides is 1. The van der Waals surface area contributed by atoms with Gasteiger partial charge in [-0.3, -0.25) is 9.69 Å². The number of fused-ring (bicyclic) bond motifs is 4. The van der Waals surface area contributed by atoms with Crippen molar-refractivity contribution < 1.29 is 9.53 Å². The van der Waals surface area contributed by atoms with Crippen molar-refractivity contribution in [3.05, 3.63) is 35.0 Å². The predicted molar refractivity (Wildman–Crippen MR) is 109 cm³/mol. The molecule has 1 N–H and O–H groups in total. The molecule has 3 heterocycles. The lowest BCUT2D eigenvalue weighted by Gasteiger charge is -2.48. The lowest BCUT2D eigenvalue weighted by molar-refractivity contribution is -0.0816. The summed E-state index contributed by atoms with van der Waals surface area (Å²) in [6.07, 6.45) is 7.43. The average molecular weight is 380 g/mol. The molecular formula is C23H29N3O2. The summed E-state index contributed by atoms with van der Waals surface area (Å²) in [5.74, 6) is 1.00. The summed E-state index contributed by atoms with van der Waals surface area (Å²) in [4.78, 5) is 21.8. The first kappa shape index (κ1) is 17.0. The van der Waals surface area contributed by atoms with E-state index in [9.17, 15) is 4.79 Å². The molecule has 6 rings (SSSR count). The van der Waals surface area contributed by atoms with Crippen molar-refractivity contribution in [1.82, 2.24) is 14.8 Å². The van der Waals surface area contributed by atoms with E-state index in [1.54, 1.807) is 0 Å². The van der Waals surface area contributed by atoms with Crippen molar-refractivity contribution in [2.75, 3.05) is 32.8 Å². The molecule has 5 heteroatoms. The minimum atomic E-state index is 0.178. The molecule has 4 aliphatic rings. The van der Waals surface area contributed by atoms with Gasteiger partial charge in [-0.15, -0.1) is 0 Å². The number of aromatic nitrogens is 1. The molecule has 2 aliphatic carbocycles. The molecule has 1 aromatic carbocycles. The summed E-state index contributed by atoms with van der Waals surface area (Å²) in [5.41, 5.74) is 4.68. The SMILES string of the molecule is O=C(c1cccc2c3c([nH]c12)CCCC3)N1CCN2[C@@H](COC[C@@H]2C2CC2)C1. The molecule has 0 bridgehead atoms. The van der Waals surface area contributed by atoms with Gasteiger partial charge in [0, 0.05) is 36.8 Å². The van der Waals surface area contributed by atoms with Gasteiger partial charge in [0.05, 0.1) is 30.3 Å². The lowest BCUT2D eigenvalue weighted by Crippen LogP contribution is -2.63. The van der Waals surface area contributed by atoms with E-state index in [4.69, 9.17) is 4.74 Å². The molecular weight excluding hydrogens is 350 g/mol. The van der Waals surface area contributed by atoms with E-state index in [0.29, 0.717) is 12.1 Å². The number of nitrogens with zero attached hydrogens (tertiary/aromatic N) is 2. The van der Waals surface area contributed by atoms with Gasteiger partial charge in [-0.25, -0.2) is 0 Å². The maximum atomic E-state index is 13.5. The molecule has 0 unspecified atom stereocenters. The number of ether oxygens (including phenoxy) is 1. The third kappa shape index (κ3) is 2.71. The fourth-order valence-electron chi connectivity index (χ4n) is 5.73. The molecule has 2 aliphatic heterocycles. The van der Waals surface area contributed by atoms with Crippen LogP contribution in [0.1, 0.15) is 47.3 Å². The zero-order chi connectivity index (χ0) is 18.7. The Morgan fingerprint density at radius 1 is 1.11 bits per heavy atom. The van der Waals surface area contributed by atoms with Crippen molar-refractivity contribution in [3.63, 3.8) is 0 Å². The monoisotopic (exact) mass is 379 g/mol. The number of rotatable bonds is 2. The summed E-state index contributed by atoms with van der Waals surface area (Å²) in [7, 11) is 0. The first-order valence-electron chi connectivity index (χ1n) is 11.0. The summed E-state index contributed by atoms with van der Waals surface area (Å²) >= 11 is 0. The minimum absolute atomic E-state index is 0.178. The number of H-pyrrole nitrogens is 1. The molecule has 28 heavy (non-hydrogen) atoms. The molecule has 148 valence electrons. The first-order chi connectivity index (χ1) is 13.8. The van der Waals surface area contributed by atoms with Crippen molar-refractivity contribution in [3.8, 4) is 0 Å². The van der Waals surface area contributed by atoms with Gasteiger partial charge in [0.25, 0.3) is 5.91 Å². The number of aryl methyl sites for hydroxylation is 2. The van der Waals surface area contributed by atoms with E-state index in [-0.39, 0.29) is 5.91 Å². The average Bonchev–Trinajstić information content (AvgIpc) is 3.52. The van der Waals surface area contributed by atoms with Crippen LogP contribution in [0.3, 0.4) is 0 Å². The Hall–Kier alpha value is -1.85. The van der Waals surface area contributed by atoms with Gasteiger partial charge in [-0.1, -0.05) is 12.1 Å².